The van der Waals surface area contributed by atoms with Crippen LogP contribution in [0.15, 0.2) is 24.4 Å². The summed E-state index contributed by atoms with van der Waals surface area (Å²) in [6.45, 7) is 1.92. The van der Waals surface area contributed by atoms with Gasteiger partial charge in [-0.05, 0) is 37.8 Å². The second-order valence-corrected chi connectivity index (χ2v) is 8.06. The Labute approximate surface area is 159 Å². The fourth-order valence-corrected chi connectivity index (χ4v) is 4.43. The number of aliphatic hydroxyl groups is 1. The molecule has 7 nitrogen and oxygen atoms in total. The minimum atomic E-state index is -0.846. The Balaban J connectivity index is 1.40. The van der Waals surface area contributed by atoms with Gasteiger partial charge in [-0.15, -0.1) is 0 Å². The Morgan fingerprint density at radius 1 is 1.33 bits per heavy atom. The Bertz CT molecular complexity index is 692. The third-order valence-corrected chi connectivity index (χ3v) is 6.22. The van der Waals surface area contributed by atoms with E-state index in [0.717, 1.165) is 18.5 Å². The van der Waals surface area contributed by atoms with Gasteiger partial charge in [0.25, 0.3) is 0 Å². The lowest BCUT2D eigenvalue weighted by molar-refractivity contribution is -0.148. The van der Waals surface area contributed by atoms with Gasteiger partial charge in [-0.3, -0.25) is 14.6 Å². The maximum atomic E-state index is 12.9. The van der Waals surface area contributed by atoms with Gasteiger partial charge < -0.3 is 20.1 Å². The molecule has 0 spiro atoms. The van der Waals surface area contributed by atoms with Gasteiger partial charge in [0.05, 0.1) is 36.3 Å². The molecule has 0 bridgehead atoms. The smallest absolute Gasteiger partial charge is 0.225 e. The Kier molecular flexibility index (Phi) is 5.14. The van der Waals surface area contributed by atoms with Crippen LogP contribution in [0.4, 0.5) is 0 Å². The molecule has 27 heavy (non-hydrogen) atoms. The van der Waals surface area contributed by atoms with Crippen molar-refractivity contribution in [2.45, 2.75) is 50.4 Å². The third-order valence-electron chi connectivity index (χ3n) is 6.22. The number of ether oxygens (including phenoxy) is 1. The maximum Gasteiger partial charge on any atom is 0.225 e. The summed E-state index contributed by atoms with van der Waals surface area (Å²) in [7, 11) is 0. The van der Waals surface area contributed by atoms with E-state index in [2.05, 4.69) is 10.3 Å². The second kappa shape index (κ2) is 7.56. The highest BCUT2D eigenvalue weighted by Crippen LogP contribution is 2.37. The van der Waals surface area contributed by atoms with Crippen LogP contribution in [0.3, 0.4) is 0 Å². The topological polar surface area (TPSA) is 91.8 Å². The second-order valence-electron chi connectivity index (χ2n) is 8.06. The van der Waals surface area contributed by atoms with E-state index in [1.807, 2.05) is 18.2 Å². The molecule has 1 aromatic heterocycles. The summed E-state index contributed by atoms with van der Waals surface area (Å²) >= 11 is 0. The normalized spacial score (nSPS) is 28.9. The van der Waals surface area contributed by atoms with Crippen LogP contribution in [0, 0.1) is 11.8 Å². The number of carbonyl (C=O) groups is 2. The highest BCUT2D eigenvalue weighted by molar-refractivity contribution is 5.82. The first-order valence-corrected chi connectivity index (χ1v) is 9.83. The molecule has 3 fully saturated rings. The number of aromatic nitrogens is 1. The minimum Gasteiger partial charge on any atom is -0.389 e. The average molecular weight is 373 g/mol. The van der Waals surface area contributed by atoms with E-state index in [1.165, 1.54) is 0 Å². The molecule has 2 amide bonds. The number of carbonyl (C=O) groups excluding carboxylic acids is 2. The Hall–Kier alpha value is -1.99. The molecule has 2 N–H and O–H groups in total. The number of nitrogens with one attached hydrogen (secondary N) is 1. The molecular formula is C20H27N3O4. The largest absolute Gasteiger partial charge is 0.389 e. The third kappa shape index (κ3) is 3.99. The molecule has 3 atom stereocenters. The highest BCUT2D eigenvalue weighted by Gasteiger charge is 2.46. The fraction of sp³-hybridized carbons (Fsp3) is 0.650. The molecule has 0 aromatic carbocycles. The zero-order valence-corrected chi connectivity index (χ0v) is 15.5. The van der Waals surface area contributed by atoms with Crippen molar-refractivity contribution < 1.29 is 19.4 Å². The number of likely N-dealkylation sites (tertiary alicyclic amines) is 1. The summed E-state index contributed by atoms with van der Waals surface area (Å²) in [5.74, 6) is -0.269. The van der Waals surface area contributed by atoms with Gasteiger partial charge in [0, 0.05) is 31.8 Å². The predicted molar refractivity (Wildman–Crippen MR) is 97.4 cm³/mol. The van der Waals surface area contributed by atoms with Crippen LogP contribution in [-0.4, -0.2) is 58.2 Å². The van der Waals surface area contributed by atoms with Crippen LogP contribution in [0.1, 0.15) is 37.8 Å². The quantitative estimate of drug-likeness (QED) is 0.799. The molecule has 2 saturated heterocycles. The van der Waals surface area contributed by atoms with Crippen LogP contribution < -0.4 is 5.32 Å². The van der Waals surface area contributed by atoms with Gasteiger partial charge in [0.1, 0.15) is 0 Å². The van der Waals surface area contributed by atoms with Crippen molar-refractivity contribution in [3.63, 3.8) is 0 Å². The fourth-order valence-electron chi connectivity index (χ4n) is 4.43. The summed E-state index contributed by atoms with van der Waals surface area (Å²) in [4.78, 5) is 31.5. The number of piperidine rings is 1. The molecule has 7 heteroatoms. The molecule has 1 aromatic rings. The van der Waals surface area contributed by atoms with E-state index in [-0.39, 0.29) is 36.2 Å². The van der Waals surface area contributed by atoms with Gasteiger partial charge in [0.2, 0.25) is 11.8 Å². The zero-order chi connectivity index (χ0) is 18.9. The Morgan fingerprint density at radius 2 is 2.19 bits per heavy atom. The van der Waals surface area contributed by atoms with Crippen LogP contribution in [0.25, 0.3) is 0 Å². The molecule has 1 saturated carbocycles. The lowest BCUT2D eigenvalue weighted by Crippen LogP contribution is -2.55. The predicted octanol–water partition coefficient (Wildman–Crippen LogP) is 0.866. The van der Waals surface area contributed by atoms with E-state index >= 15 is 0 Å². The molecule has 0 radical (unpaired) electrons. The van der Waals surface area contributed by atoms with Gasteiger partial charge in [-0.2, -0.15) is 0 Å². The molecule has 1 aliphatic carbocycles. The molecule has 4 rings (SSSR count). The first-order valence-electron chi connectivity index (χ1n) is 9.83. The van der Waals surface area contributed by atoms with Crippen molar-refractivity contribution in [1.29, 1.82) is 0 Å². The number of nitrogens with zero attached hydrogens (tertiary/aromatic N) is 2. The average Bonchev–Trinajstić information content (AvgIpc) is 3.13. The van der Waals surface area contributed by atoms with Crippen molar-refractivity contribution >= 4 is 11.8 Å². The summed E-state index contributed by atoms with van der Waals surface area (Å²) < 4.78 is 5.80. The van der Waals surface area contributed by atoms with Gasteiger partial charge in [-0.25, -0.2) is 0 Å². The molecule has 3 aliphatic rings. The SMILES string of the molecule is O=C(NCc1ccccn1)[C@@H]1CN(C(=O)CC2(O)CCC2)C[C@H]2OCC[C@H]21. The number of rotatable bonds is 5. The molecular weight excluding hydrogens is 346 g/mol. The van der Waals surface area contributed by atoms with E-state index in [9.17, 15) is 14.7 Å². The lowest BCUT2D eigenvalue weighted by Gasteiger charge is -2.42. The summed E-state index contributed by atoms with van der Waals surface area (Å²) in [5.41, 5.74) is -0.0395. The van der Waals surface area contributed by atoms with Crippen LogP contribution >= 0.6 is 0 Å². The molecule has 3 heterocycles. The maximum absolute atomic E-state index is 12.9. The standard InChI is InChI=1S/C20H27N3O4/c24-18(10-20(26)6-3-7-20)23-12-16(15-5-9-27-17(15)13-23)19(25)22-11-14-4-1-2-8-21-14/h1-2,4,8,15-17,26H,3,5-7,9-13H2,(H,22,25)/t15-,16+,17+/m0/s1. The van der Waals surface area contributed by atoms with Crippen molar-refractivity contribution in [2.24, 2.45) is 11.8 Å². The molecule has 2 aliphatic heterocycles. The number of fused-ring (bicyclic) bond motifs is 1. The lowest BCUT2D eigenvalue weighted by atomic mass is 9.77. The highest BCUT2D eigenvalue weighted by atomic mass is 16.5. The van der Waals surface area contributed by atoms with Crippen LogP contribution in [-0.2, 0) is 20.9 Å². The van der Waals surface area contributed by atoms with Gasteiger partial charge >= 0.3 is 0 Å². The Morgan fingerprint density at radius 3 is 2.89 bits per heavy atom. The molecule has 146 valence electrons. The van der Waals surface area contributed by atoms with E-state index in [0.29, 0.717) is 39.1 Å². The monoisotopic (exact) mass is 373 g/mol. The van der Waals surface area contributed by atoms with Crippen molar-refractivity contribution in [3.05, 3.63) is 30.1 Å². The number of amides is 2. The minimum absolute atomic E-state index is 0.0546. The van der Waals surface area contributed by atoms with Gasteiger partial charge in [0.15, 0.2) is 0 Å². The van der Waals surface area contributed by atoms with Crippen molar-refractivity contribution in [2.75, 3.05) is 19.7 Å². The van der Waals surface area contributed by atoms with E-state index in [4.69, 9.17) is 4.74 Å². The van der Waals surface area contributed by atoms with E-state index in [1.54, 1.807) is 11.1 Å². The molecule has 0 unspecified atom stereocenters. The number of hydrogen-bond donors (Lipinski definition) is 2. The summed E-state index contributed by atoms with van der Waals surface area (Å²) in [6.07, 6.45) is 4.94. The van der Waals surface area contributed by atoms with E-state index < -0.39 is 5.60 Å². The zero-order valence-electron chi connectivity index (χ0n) is 15.5. The first kappa shape index (κ1) is 18.4. The first-order chi connectivity index (χ1) is 13.0. The van der Waals surface area contributed by atoms with Crippen LogP contribution in [0.5, 0.6) is 0 Å². The number of pyridine rings is 1. The van der Waals surface area contributed by atoms with Gasteiger partial charge in [-0.1, -0.05) is 6.07 Å². The summed E-state index contributed by atoms with van der Waals surface area (Å²) in [6, 6.07) is 5.60. The summed E-state index contributed by atoms with van der Waals surface area (Å²) in [5, 5.41) is 13.3. The van der Waals surface area contributed by atoms with Crippen LogP contribution in [0.2, 0.25) is 0 Å². The van der Waals surface area contributed by atoms with Crippen molar-refractivity contribution in [3.8, 4) is 0 Å². The van der Waals surface area contributed by atoms with Crippen molar-refractivity contribution in [1.82, 2.24) is 15.2 Å². The number of hydrogen-bond acceptors (Lipinski definition) is 5.